The Balaban J connectivity index is 2.88. The molecule has 0 saturated carbocycles. The molecule has 0 aliphatic heterocycles. The van der Waals surface area contributed by atoms with Crippen molar-refractivity contribution >= 4 is 12.6 Å². The lowest BCUT2D eigenvalue weighted by molar-refractivity contribution is 1.24. The zero-order valence-electron chi connectivity index (χ0n) is 5.36. The van der Waals surface area contributed by atoms with Crippen LogP contribution in [0.3, 0.4) is 0 Å². The van der Waals surface area contributed by atoms with Crippen LogP contribution in [0.2, 0.25) is 0 Å². The van der Waals surface area contributed by atoms with Crippen LogP contribution in [0.1, 0.15) is 10.9 Å². The monoisotopic (exact) mass is 149 g/mol. The van der Waals surface area contributed by atoms with Crippen LogP contribution in [0, 0.1) is 6.57 Å². The zero-order chi connectivity index (χ0) is 7.40. The standard InChI is InChI=1S/C8H7NS/c1-9-8(10)7-5-3-2-4-6-7/h2-6,8,10H. The fourth-order valence-corrected chi connectivity index (χ4v) is 0.872. The summed E-state index contributed by atoms with van der Waals surface area (Å²) in [5, 5.41) is -0.304. The molecule has 10 heavy (non-hydrogen) atoms. The Morgan fingerprint density at radius 3 is 2.40 bits per heavy atom. The average molecular weight is 149 g/mol. The molecule has 0 N–H and O–H groups in total. The molecule has 0 aliphatic carbocycles. The predicted octanol–water partition coefficient (Wildman–Crippen LogP) is 2.53. The molecule has 1 nitrogen and oxygen atoms in total. The number of thiol groups is 1. The third-order valence-electron chi connectivity index (χ3n) is 1.22. The molecule has 1 aromatic rings. The van der Waals surface area contributed by atoms with Crippen LogP contribution >= 0.6 is 12.6 Å². The van der Waals surface area contributed by atoms with Crippen LogP contribution in [-0.4, -0.2) is 0 Å². The highest BCUT2D eigenvalue weighted by molar-refractivity contribution is 7.80. The maximum absolute atomic E-state index is 6.69. The summed E-state index contributed by atoms with van der Waals surface area (Å²) in [5.41, 5.74) is 0.959. The van der Waals surface area contributed by atoms with Gasteiger partial charge in [-0.15, -0.1) is 0 Å². The van der Waals surface area contributed by atoms with Crippen LogP contribution in [-0.2, 0) is 0 Å². The van der Waals surface area contributed by atoms with Crippen molar-refractivity contribution in [2.24, 2.45) is 0 Å². The Hall–Kier alpha value is -0.940. The lowest BCUT2D eigenvalue weighted by Crippen LogP contribution is -1.80. The van der Waals surface area contributed by atoms with E-state index in [2.05, 4.69) is 17.5 Å². The van der Waals surface area contributed by atoms with Crippen LogP contribution in [0.25, 0.3) is 4.85 Å². The van der Waals surface area contributed by atoms with Crippen LogP contribution in [0.4, 0.5) is 0 Å². The normalized spacial score (nSPS) is 12.0. The largest absolute Gasteiger partial charge is 0.297 e. The van der Waals surface area contributed by atoms with Gasteiger partial charge in [0.05, 0.1) is 0 Å². The van der Waals surface area contributed by atoms with Gasteiger partial charge in [0.1, 0.15) is 0 Å². The summed E-state index contributed by atoms with van der Waals surface area (Å²) in [5.74, 6) is 0. The molecule has 1 atom stereocenters. The van der Waals surface area contributed by atoms with Gasteiger partial charge in [0.2, 0.25) is 0 Å². The first kappa shape index (κ1) is 7.17. The Bertz CT molecular complexity index is 237. The van der Waals surface area contributed by atoms with E-state index in [9.17, 15) is 0 Å². The molecule has 1 rings (SSSR count). The highest BCUT2D eigenvalue weighted by Gasteiger charge is 2.05. The molecule has 0 heterocycles. The van der Waals surface area contributed by atoms with Crippen molar-refractivity contribution in [1.29, 1.82) is 0 Å². The quantitative estimate of drug-likeness (QED) is 0.462. The molecule has 0 saturated heterocycles. The summed E-state index contributed by atoms with van der Waals surface area (Å²) in [6, 6.07) is 9.53. The molecule has 0 bridgehead atoms. The highest BCUT2D eigenvalue weighted by atomic mass is 32.1. The van der Waals surface area contributed by atoms with Gasteiger partial charge in [-0.1, -0.05) is 43.0 Å². The number of nitrogens with zero attached hydrogens (tertiary/aromatic N) is 1. The van der Waals surface area contributed by atoms with E-state index in [-0.39, 0.29) is 5.37 Å². The highest BCUT2D eigenvalue weighted by Crippen LogP contribution is 2.19. The number of benzene rings is 1. The van der Waals surface area contributed by atoms with Crippen LogP contribution in [0.5, 0.6) is 0 Å². The topological polar surface area (TPSA) is 4.36 Å². The van der Waals surface area contributed by atoms with E-state index < -0.39 is 0 Å². The van der Waals surface area contributed by atoms with E-state index in [1.807, 2.05) is 30.3 Å². The van der Waals surface area contributed by atoms with Crippen molar-refractivity contribution in [3.05, 3.63) is 47.3 Å². The summed E-state index contributed by atoms with van der Waals surface area (Å²) >= 11 is 4.07. The number of hydrogen-bond acceptors (Lipinski definition) is 1. The molecule has 0 radical (unpaired) electrons. The fourth-order valence-electron chi connectivity index (χ4n) is 0.700. The van der Waals surface area contributed by atoms with E-state index in [1.165, 1.54) is 0 Å². The van der Waals surface area contributed by atoms with Crippen molar-refractivity contribution in [3.8, 4) is 0 Å². The number of hydrogen-bond donors (Lipinski definition) is 1. The lowest BCUT2D eigenvalue weighted by Gasteiger charge is -1.95. The maximum Gasteiger partial charge on any atom is 0.291 e. The second kappa shape index (κ2) is 3.28. The van der Waals surface area contributed by atoms with E-state index >= 15 is 0 Å². The minimum absolute atomic E-state index is 0.304. The van der Waals surface area contributed by atoms with Crippen LogP contribution < -0.4 is 0 Å². The second-order valence-corrected chi connectivity index (χ2v) is 2.40. The van der Waals surface area contributed by atoms with Gasteiger partial charge in [0, 0.05) is 5.56 Å². The lowest BCUT2D eigenvalue weighted by atomic mass is 10.2. The first-order valence-electron chi connectivity index (χ1n) is 2.94. The molecule has 50 valence electrons. The van der Waals surface area contributed by atoms with Crippen molar-refractivity contribution < 1.29 is 0 Å². The molecule has 2 heteroatoms. The Morgan fingerprint density at radius 2 is 1.90 bits per heavy atom. The Kier molecular flexibility index (Phi) is 2.35. The first-order chi connectivity index (χ1) is 4.84. The summed E-state index contributed by atoms with van der Waals surface area (Å²) < 4.78 is 0. The Labute approximate surface area is 65.9 Å². The number of rotatable bonds is 1. The minimum atomic E-state index is -0.304. The molecule has 1 aromatic carbocycles. The van der Waals surface area contributed by atoms with Crippen molar-refractivity contribution in [2.75, 3.05) is 0 Å². The van der Waals surface area contributed by atoms with E-state index in [0.29, 0.717) is 0 Å². The minimum Gasteiger partial charge on any atom is -0.297 e. The maximum atomic E-state index is 6.69. The van der Waals surface area contributed by atoms with E-state index in [1.54, 1.807) is 0 Å². The summed E-state index contributed by atoms with van der Waals surface area (Å²) in [4.78, 5) is 3.27. The van der Waals surface area contributed by atoms with E-state index in [4.69, 9.17) is 6.57 Å². The SMILES string of the molecule is [C-]#[N+]C(S)c1ccccc1. The van der Waals surface area contributed by atoms with Gasteiger partial charge in [-0.2, -0.15) is 0 Å². The average Bonchev–Trinajstić information content (AvgIpc) is 2.05. The van der Waals surface area contributed by atoms with Crippen molar-refractivity contribution in [3.63, 3.8) is 0 Å². The molecular weight excluding hydrogens is 142 g/mol. The predicted molar refractivity (Wildman–Crippen MR) is 44.8 cm³/mol. The van der Waals surface area contributed by atoms with Gasteiger partial charge in [0.25, 0.3) is 5.37 Å². The second-order valence-electron chi connectivity index (χ2n) is 1.91. The smallest absolute Gasteiger partial charge is 0.291 e. The van der Waals surface area contributed by atoms with Gasteiger partial charge in [-0.25, -0.2) is 6.57 Å². The molecule has 0 aromatic heterocycles. The Morgan fingerprint density at radius 1 is 1.30 bits per heavy atom. The summed E-state index contributed by atoms with van der Waals surface area (Å²) in [7, 11) is 0. The van der Waals surface area contributed by atoms with Gasteiger partial charge in [-0.05, 0) is 0 Å². The van der Waals surface area contributed by atoms with Crippen LogP contribution in [0.15, 0.2) is 30.3 Å². The van der Waals surface area contributed by atoms with Gasteiger partial charge >= 0.3 is 0 Å². The molecule has 1 unspecified atom stereocenters. The van der Waals surface area contributed by atoms with E-state index in [0.717, 1.165) is 5.56 Å². The summed E-state index contributed by atoms with van der Waals surface area (Å²) in [6.45, 7) is 6.69. The first-order valence-corrected chi connectivity index (χ1v) is 3.46. The molecule has 0 spiro atoms. The van der Waals surface area contributed by atoms with Crippen molar-refractivity contribution in [1.82, 2.24) is 0 Å². The molecular formula is C8H7NS. The molecule has 0 aliphatic rings. The summed E-state index contributed by atoms with van der Waals surface area (Å²) in [6.07, 6.45) is 0. The zero-order valence-corrected chi connectivity index (χ0v) is 6.25. The fraction of sp³-hybridized carbons (Fsp3) is 0.125. The van der Waals surface area contributed by atoms with Gasteiger partial charge in [-0.3, -0.25) is 4.85 Å². The molecule has 0 amide bonds. The van der Waals surface area contributed by atoms with Gasteiger partial charge < -0.3 is 0 Å². The third kappa shape index (κ3) is 1.52. The molecule has 0 fully saturated rings. The van der Waals surface area contributed by atoms with Crippen molar-refractivity contribution in [2.45, 2.75) is 5.37 Å². The third-order valence-corrected chi connectivity index (χ3v) is 1.63. The van der Waals surface area contributed by atoms with Gasteiger partial charge in [0.15, 0.2) is 0 Å².